The van der Waals surface area contributed by atoms with Crippen molar-refractivity contribution in [1.29, 1.82) is 0 Å². The summed E-state index contributed by atoms with van der Waals surface area (Å²) in [6.07, 6.45) is 0. The largest absolute Gasteiger partial charge is 0.350 e. The molecule has 0 aromatic heterocycles. The van der Waals surface area contributed by atoms with Gasteiger partial charge >= 0.3 is 0 Å². The first-order chi connectivity index (χ1) is 14.8. The van der Waals surface area contributed by atoms with Crippen LogP contribution in [0.3, 0.4) is 0 Å². The van der Waals surface area contributed by atoms with E-state index in [1.54, 1.807) is 18.2 Å². The number of carbonyl (C=O) groups is 2. The summed E-state index contributed by atoms with van der Waals surface area (Å²) in [7, 11) is 0. The van der Waals surface area contributed by atoms with Crippen molar-refractivity contribution >= 4 is 40.4 Å². The van der Waals surface area contributed by atoms with E-state index in [0.717, 1.165) is 27.9 Å². The fourth-order valence-corrected chi connectivity index (χ4v) is 4.04. The number of aryl methyl sites for hydroxylation is 4. The van der Waals surface area contributed by atoms with Gasteiger partial charge < -0.3 is 5.32 Å². The lowest BCUT2D eigenvalue weighted by atomic mass is 10.0. The molecule has 31 heavy (non-hydrogen) atoms. The molecule has 0 bridgehead atoms. The number of nitrogens with zero attached hydrogens (tertiary/aromatic N) is 1. The molecule has 1 N–H and O–H groups in total. The van der Waals surface area contributed by atoms with Crippen molar-refractivity contribution in [2.45, 2.75) is 27.7 Å². The van der Waals surface area contributed by atoms with Crippen LogP contribution in [0, 0.1) is 27.7 Å². The molecular weight excluding hydrogens is 408 g/mol. The topological polar surface area (TPSA) is 49.4 Å². The van der Waals surface area contributed by atoms with Crippen molar-refractivity contribution in [1.82, 2.24) is 0 Å². The van der Waals surface area contributed by atoms with E-state index in [0.29, 0.717) is 21.8 Å². The normalized spacial score (nSPS) is 13.9. The van der Waals surface area contributed by atoms with Crippen LogP contribution >= 0.6 is 11.6 Å². The zero-order chi connectivity index (χ0) is 22.3. The number of benzene rings is 3. The Balaban J connectivity index is 1.85. The quantitative estimate of drug-likeness (QED) is 0.518. The maximum atomic E-state index is 13.6. The first-order valence-corrected chi connectivity index (χ1v) is 10.4. The minimum atomic E-state index is -0.383. The van der Waals surface area contributed by atoms with Crippen LogP contribution < -0.4 is 10.2 Å². The molecule has 0 aliphatic carbocycles. The van der Waals surface area contributed by atoms with Gasteiger partial charge in [0, 0.05) is 10.7 Å². The Labute approximate surface area is 187 Å². The highest BCUT2D eigenvalue weighted by Gasteiger charge is 2.40. The highest BCUT2D eigenvalue weighted by atomic mass is 35.5. The van der Waals surface area contributed by atoms with Crippen LogP contribution in [-0.4, -0.2) is 11.8 Å². The van der Waals surface area contributed by atoms with Crippen LogP contribution in [0.25, 0.3) is 5.57 Å². The van der Waals surface area contributed by atoms with Crippen LogP contribution in [-0.2, 0) is 9.59 Å². The molecule has 0 saturated heterocycles. The molecule has 1 heterocycles. The van der Waals surface area contributed by atoms with Crippen LogP contribution in [0.4, 0.5) is 11.4 Å². The summed E-state index contributed by atoms with van der Waals surface area (Å²) in [5.41, 5.74) is 6.61. The smallest absolute Gasteiger partial charge is 0.282 e. The standard InChI is InChI=1S/C26H23ClN2O2/c1-15-5-8-19(9-6-15)23-24(28-21-11-7-16(2)13-17(21)3)26(31)29(25(23)30)22-12-10-20(27)14-18(22)4/h5-14,28H,1-4H3. The molecule has 4 nitrogen and oxygen atoms in total. The number of anilines is 2. The minimum absolute atomic E-state index is 0.273. The lowest BCUT2D eigenvalue weighted by molar-refractivity contribution is -0.120. The Morgan fingerprint density at radius 2 is 1.42 bits per heavy atom. The molecule has 0 fully saturated rings. The predicted octanol–water partition coefficient (Wildman–Crippen LogP) is 5.97. The molecular formula is C26H23ClN2O2. The van der Waals surface area contributed by atoms with Crippen molar-refractivity contribution in [2.24, 2.45) is 0 Å². The van der Waals surface area contributed by atoms with E-state index >= 15 is 0 Å². The van der Waals surface area contributed by atoms with Gasteiger partial charge in [0.05, 0.1) is 11.3 Å². The Kier molecular flexibility index (Phi) is 5.42. The number of hydrogen-bond donors (Lipinski definition) is 1. The first-order valence-electron chi connectivity index (χ1n) is 10.1. The van der Waals surface area contributed by atoms with E-state index < -0.39 is 0 Å². The number of amides is 2. The van der Waals surface area contributed by atoms with Gasteiger partial charge in [-0.15, -0.1) is 0 Å². The number of nitrogens with one attached hydrogen (secondary N) is 1. The Morgan fingerprint density at radius 3 is 2.06 bits per heavy atom. The molecule has 0 spiro atoms. The van der Waals surface area contributed by atoms with Gasteiger partial charge in [-0.05, 0) is 68.7 Å². The summed E-state index contributed by atoms with van der Waals surface area (Å²) < 4.78 is 0. The van der Waals surface area contributed by atoms with Gasteiger partial charge in [0.2, 0.25) is 0 Å². The molecule has 3 aromatic rings. The third kappa shape index (κ3) is 3.87. The van der Waals surface area contributed by atoms with Gasteiger partial charge in [-0.3, -0.25) is 9.59 Å². The Hall–Kier alpha value is -3.37. The fraction of sp³-hybridized carbons (Fsp3) is 0.154. The first kappa shape index (κ1) is 20.9. The average Bonchev–Trinajstić information content (AvgIpc) is 2.95. The predicted molar refractivity (Wildman–Crippen MR) is 126 cm³/mol. The number of rotatable bonds is 4. The van der Waals surface area contributed by atoms with Crippen molar-refractivity contribution in [2.75, 3.05) is 10.2 Å². The summed E-state index contributed by atoms with van der Waals surface area (Å²) in [5, 5.41) is 3.81. The van der Waals surface area contributed by atoms with Gasteiger partial charge in [-0.2, -0.15) is 0 Å². The third-order valence-corrected chi connectivity index (χ3v) is 5.70. The van der Waals surface area contributed by atoms with Crippen LogP contribution in [0.5, 0.6) is 0 Å². The summed E-state index contributed by atoms with van der Waals surface area (Å²) in [5.74, 6) is -0.738. The van der Waals surface area contributed by atoms with E-state index in [1.807, 2.05) is 70.2 Å². The Morgan fingerprint density at radius 1 is 0.742 bits per heavy atom. The Bertz CT molecular complexity index is 1240. The van der Waals surface area contributed by atoms with Crippen molar-refractivity contribution < 1.29 is 9.59 Å². The molecule has 1 aliphatic rings. The second-order valence-corrected chi connectivity index (χ2v) is 8.37. The van der Waals surface area contributed by atoms with Crippen molar-refractivity contribution in [3.63, 3.8) is 0 Å². The van der Waals surface area contributed by atoms with Gasteiger partial charge in [0.25, 0.3) is 11.8 Å². The van der Waals surface area contributed by atoms with E-state index in [4.69, 9.17) is 11.6 Å². The molecule has 2 amide bonds. The van der Waals surface area contributed by atoms with E-state index in [-0.39, 0.29) is 17.5 Å². The van der Waals surface area contributed by atoms with E-state index in [1.165, 1.54) is 4.90 Å². The molecule has 156 valence electrons. The second kappa shape index (κ2) is 8.05. The average molecular weight is 431 g/mol. The summed E-state index contributed by atoms with van der Waals surface area (Å²) in [6, 6.07) is 18.7. The second-order valence-electron chi connectivity index (χ2n) is 7.94. The van der Waals surface area contributed by atoms with Crippen LogP contribution in [0.15, 0.2) is 66.4 Å². The van der Waals surface area contributed by atoms with Crippen molar-refractivity contribution in [3.8, 4) is 0 Å². The molecule has 0 saturated carbocycles. The molecule has 4 rings (SSSR count). The highest BCUT2D eigenvalue weighted by Crippen LogP contribution is 2.36. The number of imide groups is 1. The third-order valence-electron chi connectivity index (χ3n) is 5.47. The SMILES string of the molecule is Cc1ccc(C2=C(Nc3ccc(C)cc3C)C(=O)N(c3ccc(Cl)cc3C)C2=O)cc1. The highest BCUT2D eigenvalue weighted by molar-refractivity contribution is 6.46. The van der Waals surface area contributed by atoms with Crippen molar-refractivity contribution in [3.05, 3.63) is 99.2 Å². The van der Waals surface area contributed by atoms with Gasteiger partial charge in [-0.1, -0.05) is 59.1 Å². The zero-order valence-corrected chi connectivity index (χ0v) is 18.7. The lowest BCUT2D eigenvalue weighted by Crippen LogP contribution is -2.33. The van der Waals surface area contributed by atoms with Crippen LogP contribution in [0.1, 0.15) is 27.8 Å². The number of carbonyl (C=O) groups excluding carboxylic acids is 2. The molecule has 0 radical (unpaired) electrons. The maximum Gasteiger partial charge on any atom is 0.282 e. The van der Waals surface area contributed by atoms with Gasteiger partial charge in [0.15, 0.2) is 0 Å². The monoisotopic (exact) mass is 430 g/mol. The molecule has 1 aliphatic heterocycles. The minimum Gasteiger partial charge on any atom is -0.350 e. The molecule has 0 unspecified atom stereocenters. The molecule has 0 atom stereocenters. The van der Waals surface area contributed by atoms with Gasteiger partial charge in [-0.25, -0.2) is 4.90 Å². The lowest BCUT2D eigenvalue weighted by Gasteiger charge is -2.18. The maximum absolute atomic E-state index is 13.6. The van der Waals surface area contributed by atoms with E-state index in [2.05, 4.69) is 5.32 Å². The number of halogens is 1. The summed E-state index contributed by atoms with van der Waals surface area (Å²) in [4.78, 5) is 28.3. The zero-order valence-electron chi connectivity index (χ0n) is 17.9. The van der Waals surface area contributed by atoms with Crippen LogP contribution in [0.2, 0.25) is 5.02 Å². The van der Waals surface area contributed by atoms with E-state index in [9.17, 15) is 9.59 Å². The molecule has 3 aromatic carbocycles. The fourth-order valence-electron chi connectivity index (χ4n) is 3.81. The summed E-state index contributed by atoms with van der Waals surface area (Å²) in [6.45, 7) is 7.81. The van der Waals surface area contributed by atoms with Gasteiger partial charge in [0.1, 0.15) is 5.70 Å². The number of hydrogen-bond acceptors (Lipinski definition) is 3. The summed E-state index contributed by atoms with van der Waals surface area (Å²) >= 11 is 6.09. The molecule has 5 heteroatoms.